The van der Waals surface area contributed by atoms with Crippen LogP contribution in [0.15, 0.2) is 0 Å². The van der Waals surface area contributed by atoms with E-state index in [0.717, 1.165) is 0 Å². The summed E-state index contributed by atoms with van der Waals surface area (Å²) in [7, 11) is 0. The lowest BCUT2D eigenvalue weighted by Crippen LogP contribution is -2.25. The molecule has 0 rings (SSSR count). The summed E-state index contributed by atoms with van der Waals surface area (Å²) in [5.74, 6) is -1.23. The van der Waals surface area contributed by atoms with Gasteiger partial charge in [-0.15, -0.1) is 0 Å². The van der Waals surface area contributed by atoms with Crippen LogP contribution in [0.2, 0.25) is 0 Å². The number of aliphatic carboxylic acids is 1. The minimum atomic E-state index is -0.973. The van der Waals surface area contributed by atoms with Gasteiger partial charge in [-0.05, 0) is 20.3 Å². The molecule has 2 N–H and O–H groups in total. The molecule has 0 radical (unpaired) electrons. The van der Waals surface area contributed by atoms with E-state index >= 15 is 0 Å². The molecule has 0 aromatic rings. The number of carboxylic acid groups (broad SMARTS) is 1. The lowest BCUT2D eigenvalue weighted by molar-refractivity contribution is -0.138. The first-order valence-corrected chi connectivity index (χ1v) is 9.43. The molecule has 0 aliphatic rings. The normalized spacial score (nSPS) is 11.1. The second kappa shape index (κ2) is 19.5. The van der Waals surface area contributed by atoms with Crippen molar-refractivity contribution in [1.29, 1.82) is 0 Å². The number of carbonyl (C=O) groups excluding carboxylic acids is 1. The van der Waals surface area contributed by atoms with E-state index in [9.17, 15) is 9.59 Å². The standard InChI is InChI=1S/C18H35NO8/c1-16(2)27-15-14-26-13-12-25-11-10-24-9-8-23-7-3-6-19-17(20)4-5-18(21)22/h16H,3-15H2,1-2H3,(H,19,20)(H,21,22). The van der Waals surface area contributed by atoms with Gasteiger partial charge >= 0.3 is 5.97 Å². The number of amides is 1. The van der Waals surface area contributed by atoms with Crippen molar-refractivity contribution in [3.8, 4) is 0 Å². The van der Waals surface area contributed by atoms with Crippen LogP contribution in [-0.2, 0) is 33.3 Å². The summed E-state index contributed by atoms with van der Waals surface area (Å²) in [5, 5.41) is 11.1. The summed E-state index contributed by atoms with van der Waals surface area (Å²) >= 11 is 0. The van der Waals surface area contributed by atoms with Crippen molar-refractivity contribution < 1.29 is 38.4 Å². The van der Waals surface area contributed by atoms with Crippen LogP contribution in [0, 0.1) is 0 Å². The van der Waals surface area contributed by atoms with Crippen LogP contribution in [0.3, 0.4) is 0 Å². The Kier molecular flexibility index (Phi) is 18.6. The SMILES string of the molecule is CC(C)OCCOCCOCCOCCOCCCNC(=O)CCC(=O)O. The fraction of sp³-hybridized carbons (Fsp3) is 0.889. The van der Waals surface area contributed by atoms with E-state index in [-0.39, 0.29) is 24.9 Å². The van der Waals surface area contributed by atoms with Crippen molar-refractivity contribution in [2.45, 2.75) is 39.2 Å². The Morgan fingerprint density at radius 3 is 1.74 bits per heavy atom. The lowest BCUT2D eigenvalue weighted by Gasteiger charge is -2.09. The van der Waals surface area contributed by atoms with Crippen molar-refractivity contribution >= 4 is 11.9 Å². The van der Waals surface area contributed by atoms with Crippen LogP contribution in [0.4, 0.5) is 0 Å². The van der Waals surface area contributed by atoms with Gasteiger partial charge in [0.15, 0.2) is 0 Å². The molecular weight excluding hydrogens is 358 g/mol. The quantitative estimate of drug-likeness (QED) is 0.293. The molecule has 0 atom stereocenters. The zero-order chi connectivity index (χ0) is 20.2. The minimum absolute atomic E-state index is 0.00474. The molecule has 0 aromatic heterocycles. The Morgan fingerprint density at radius 1 is 0.778 bits per heavy atom. The first-order chi connectivity index (χ1) is 13.0. The molecule has 9 nitrogen and oxygen atoms in total. The Balaban J connectivity index is 3.11. The third kappa shape index (κ3) is 22.7. The summed E-state index contributed by atoms with van der Waals surface area (Å²) in [6, 6.07) is 0. The number of hydrogen-bond donors (Lipinski definition) is 2. The van der Waals surface area contributed by atoms with Crippen LogP contribution < -0.4 is 5.32 Å². The van der Waals surface area contributed by atoms with Gasteiger partial charge in [0.2, 0.25) is 5.91 Å². The third-order valence-electron chi connectivity index (χ3n) is 3.15. The van der Waals surface area contributed by atoms with E-state index in [1.807, 2.05) is 13.8 Å². The largest absolute Gasteiger partial charge is 0.481 e. The summed E-state index contributed by atoms with van der Waals surface area (Å²) in [4.78, 5) is 21.6. The second-order valence-corrected chi connectivity index (χ2v) is 5.97. The average molecular weight is 393 g/mol. The predicted octanol–water partition coefficient (Wildman–Crippen LogP) is 0.849. The maximum atomic E-state index is 11.3. The zero-order valence-corrected chi connectivity index (χ0v) is 16.6. The van der Waals surface area contributed by atoms with Gasteiger partial charge in [-0.1, -0.05) is 0 Å². The maximum Gasteiger partial charge on any atom is 0.303 e. The highest BCUT2D eigenvalue weighted by Gasteiger charge is 2.04. The number of rotatable bonds is 20. The molecule has 0 aliphatic heterocycles. The minimum Gasteiger partial charge on any atom is -0.481 e. The van der Waals surface area contributed by atoms with Crippen LogP contribution in [0.25, 0.3) is 0 Å². The summed E-state index contributed by atoms with van der Waals surface area (Å²) in [5.41, 5.74) is 0. The first-order valence-electron chi connectivity index (χ1n) is 9.43. The maximum absolute atomic E-state index is 11.3. The van der Waals surface area contributed by atoms with Gasteiger partial charge in [0.1, 0.15) is 0 Å². The Morgan fingerprint density at radius 2 is 1.26 bits per heavy atom. The molecule has 0 saturated heterocycles. The smallest absolute Gasteiger partial charge is 0.303 e. The van der Waals surface area contributed by atoms with E-state index in [1.54, 1.807) is 0 Å². The highest BCUT2D eigenvalue weighted by atomic mass is 16.6. The van der Waals surface area contributed by atoms with E-state index in [0.29, 0.717) is 72.4 Å². The van der Waals surface area contributed by atoms with Crippen LogP contribution in [0.1, 0.15) is 33.1 Å². The van der Waals surface area contributed by atoms with Crippen LogP contribution in [0.5, 0.6) is 0 Å². The molecule has 0 bridgehead atoms. The Hall–Kier alpha value is -1.26. The van der Waals surface area contributed by atoms with Gasteiger partial charge in [-0.25, -0.2) is 0 Å². The Labute approximate surface area is 161 Å². The molecule has 1 amide bonds. The predicted molar refractivity (Wildman–Crippen MR) is 98.9 cm³/mol. The van der Waals surface area contributed by atoms with Gasteiger partial charge in [0.05, 0.1) is 65.4 Å². The number of ether oxygens (including phenoxy) is 5. The van der Waals surface area contributed by atoms with Gasteiger partial charge in [0, 0.05) is 19.6 Å². The van der Waals surface area contributed by atoms with Crippen LogP contribution >= 0.6 is 0 Å². The first kappa shape index (κ1) is 25.7. The molecule has 0 aromatic carbocycles. The summed E-state index contributed by atoms with van der Waals surface area (Å²) in [6.45, 7) is 9.16. The van der Waals surface area contributed by atoms with Crippen molar-refractivity contribution in [1.82, 2.24) is 5.32 Å². The number of nitrogens with one attached hydrogen (secondary N) is 1. The van der Waals surface area contributed by atoms with E-state index in [4.69, 9.17) is 28.8 Å². The van der Waals surface area contributed by atoms with E-state index in [1.165, 1.54) is 0 Å². The summed E-state index contributed by atoms with van der Waals surface area (Å²) < 4.78 is 26.8. The third-order valence-corrected chi connectivity index (χ3v) is 3.15. The topological polar surface area (TPSA) is 113 Å². The summed E-state index contributed by atoms with van der Waals surface area (Å²) in [6.07, 6.45) is 0.751. The monoisotopic (exact) mass is 393 g/mol. The average Bonchev–Trinajstić information content (AvgIpc) is 2.62. The number of carbonyl (C=O) groups is 2. The van der Waals surface area contributed by atoms with Crippen molar-refractivity contribution in [3.05, 3.63) is 0 Å². The fourth-order valence-electron chi connectivity index (χ4n) is 1.82. The fourth-order valence-corrected chi connectivity index (χ4v) is 1.82. The van der Waals surface area contributed by atoms with E-state index < -0.39 is 5.97 Å². The molecule has 0 heterocycles. The highest BCUT2D eigenvalue weighted by Crippen LogP contribution is 1.90. The van der Waals surface area contributed by atoms with Crippen molar-refractivity contribution in [2.75, 3.05) is 66.0 Å². The molecule has 0 aliphatic carbocycles. The molecule has 0 spiro atoms. The molecular formula is C18H35NO8. The van der Waals surface area contributed by atoms with Crippen LogP contribution in [-0.4, -0.2) is 89.1 Å². The van der Waals surface area contributed by atoms with Crippen molar-refractivity contribution in [2.24, 2.45) is 0 Å². The molecule has 160 valence electrons. The van der Waals surface area contributed by atoms with Gasteiger partial charge in [0.25, 0.3) is 0 Å². The number of hydrogen-bond acceptors (Lipinski definition) is 7. The molecule has 27 heavy (non-hydrogen) atoms. The molecule has 0 saturated carbocycles. The molecule has 0 unspecified atom stereocenters. The van der Waals surface area contributed by atoms with E-state index in [2.05, 4.69) is 5.32 Å². The van der Waals surface area contributed by atoms with Crippen molar-refractivity contribution in [3.63, 3.8) is 0 Å². The number of carboxylic acids is 1. The van der Waals surface area contributed by atoms with Gasteiger partial charge in [-0.2, -0.15) is 0 Å². The molecule has 0 fully saturated rings. The molecule has 9 heteroatoms. The second-order valence-electron chi connectivity index (χ2n) is 5.97. The highest BCUT2D eigenvalue weighted by molar-refractivity contribution is 5.80. The Bertz CT molecular complexity index is 365. The van der Waals surface area contributed by atoms with Gasteiger partial charge < -0.3 is 34.1 Å². The zero-order valence-electron chi connectivity index (χ0n) is 16.6. The lowest BCUT2D eigenvalue weighted by atomic mass is 10.3. The van der Waals surface area contributed by atoms with Gasteiger partial charge in [-0.3, -0.25) is 9.59 Å².